The van der Waals surface area contributed by atoms with Gasteiger partial charge in [-0.2, -0.15) is 12.2 Å². The summed E-state index contributed by atoms with van der Waals surface area (Å²) >= 11 is 5.74. The van der Waals surface area contributed by atoms with Crippen LogP contribution in [0.1, 0.15) is 12.5 Å². The molecule has 0 atom stereocenters. The molecule has 1 aliphatic rings. The Labute approximate surface area is 137 Å². The van der Waals surface area contributed by atoms with E-state index < -0.39 is 0 Å². The predicted octanol–water partition coefficient (Wildman–Crippen LogP) is 4.03. The Balaban J connectivity index is 0.00000162. The van der Waals surface area contributed by atoms with Crippen molar-refractivity contribution in [3.63, 3.8) is 0 Å². The third-order valence-corrected chi connectivity index (χ3v) is 2.85. The minimum atomic E-state index is -0.346. The first-order valence-electron chi connectivity index (χ1n) is 5.35. The van der Waals surface area contributed by atoms with Gasteiger partial charge in [-0.25, -0.2) is 4.39 Å². The van der Waals surface area contributed by atoms with Gasteiger partial charge < -0.3 is 4.90 Å². The van der Waals surface area contributed by atoms with Crippen LogP contribution in [0.15, 0.2) is 42.6 Å². The van der Waals surface area contributed by atoms with Crippen LogP contribution >= 0.6 is 11.6 Å². The van der Waals surface area contributed by atoms with Gasteiger partial charge in [0.2, 0.25) is 0 Å². The van der Waals surface area contributed by atoms with Crippen LogP contribution < -0.4 is 0 Å². The molecule has 0 bridgehead atoms. The third kappa shape index (κ3) is 3.11. The summed E-state index contributed by atoms with van der Waals surface area (Å²) in [4.78, 5) is 1.91. The Morgan fingerprint density at radius 3 is 2.78 bits per heavy atom. The Bertz CT molecular complexity index is 523. The Kier molecular flexibility index (Phi) is 5.77. The summed E-state index contributed by atoms with van der Waals surface area (Å²) in [5.74, 6) is -0.346. The van der Waals surface area contributed by atoms with Gasteiger partial charge >= 0.3 is 0 Å². The zero-order valence-electron chi connectivity index (χ0n) is 10.1. The van der Waals surface area contributed by atoms with Crippen molar-refractivity contribution in [3.05, 3.63) is 65.1 Å². The molecule has 0 aliphatic carbocycles. The van der Waals surface area contributed by atoms with Gasteiger partial charge in [0.1, 0.15) is 0 Å². The summed E-state index contributed by atoms with van der Waals surface area (Å²) in [6, 6.07) is 4.64. The molecule has 1 heterocycles. The molecule has 1 aliphatic heterocycles. The second kappa shape index (κ2) is 6.65. The van der Waals surface area contributed by atoms with Crippen molar-refractivity contribution in [2.75, 3.05) is 6.54 Å². The molecule has 91 valence electrons. The van der Waals surface area contributed by atoms with Crippen LogP contribution in [-0.4, -0.2) is 11.4 Å². The maximum Gasteiger partial charge on any atom is 0.0796 e. The van der Waals surface area contributed by atoms with E-state index in [-0.39, 0.29) is 38.5 Å². The summed E-state index contributed by atoms with van der Waals surface area (Å²) in [7, 11) is 0. The van der Waals surface area contributed by atoms with Crippen molar-refractivity contribution in [2.45, 2.75) is 6.92 Å². The topological polar surface area (TPSA) is 3.24 Å². The molecule has 1 nitrogen and oxygen atoms in total. The van der Waals surface area contributed by atoms with E-state index in [0.717, 1.165) is 5.70 Å². The number of hydrogen-bond donors (Lipinski definition) is 0. The summed E-state index contributed by atoms with van der Waals surface area (Å²) in [6.45, 7) is 6.62. The van der Waals surface area contributed by atoms with Gasteiger partial charge in [0.15, 0.2) is 0 Å². The van der Waals surface area contributed by atoms with Crippen molar-refractivity contribution >= 4 is 17.3 Å². The summed E-state index contributed by atoms with van der Waals surface area (Å²) in [5.41, 5.74) is 2.01. The quantitative estimate of drug-likeness (QED) is 0.737. The number of benzene rings is 1. The maximum absolute atomic E-state index is 13.8. The van der Waals surface area contributed by atoms with Gasteiger partial charge in [-0.15, -0.1) is 12.1 Å². The molecule has 4 heteroatoms. The fourth-order valence-electron chi connectivity index (χ4n) is 1.79. The zero-order chi connectivity index (χ0) is 12.4. The number of allylic oxidation sites excluding steroid dienone is 3. The van der Waals surface area contributed by atoms with Gasteiger partial charge in [-0.3, -0.25) is 0 Å². The van der Waals surface area contributed by atoms with Gasteiger partial charge in [-0.05, 0) is 18.7 Å². The molecule has 0 spiro atoms. The molecule has 0 amide bonds. The Morgan fingerprint density at radius 1 is 1.44 bits per heavy atom. The van der Waals surface area contributed by atoms with Crippen molar-refractivity contribution in [2.24, 2.45) is 0 Å². The second-order valence-corrected chi connectivity index (χ2v) is 4.12. The SMILES string of the molecule is C=C1C=C[C-]=C(c2ccc(Cl)cc2F)N1CC.[Y]. The number of likely N-dealkylation sites (N-methyl/N-ethyl adjacent to an activating group) is 1. The summed E-state index contributed by atoms with van der Waals surface area (Å²) in [5, 5.41) is 0.389. The molecule has 2 rings (SSSR count). The van der Waals surface area contributed by atoms with Crippen LogP contribution in [0, 0.1) is 11.9 Å². The minimum absolute atomic E-state index is 0. The van der Waals surface area contributed by atoms with Crippen LogP contribution in [0.3, 0.4) is 0 Å². The third-order valence-electron chi connectivity index (χ3n) is 2.61. The molecule has 18 heavy (non-hydrogen) atoms. The first-order chi connectivity index (χ1) is 8.13. The van der Waals surface area contributed by atoms with Crippen LogP contribution in [0.4, 0.5) is 4.39 Å². The van der Waals surface area contributed by atoms with E-state index in [4.69, 9.17) is 11.6 Å². The van der Waals surface area contributed by atoms with Crippen LogP contribution in [0.5, 0.6) is 0 Å². The molecule has 0 aromatic heterocycles. The van der Waals surface area contributed by atoms with E-state index >= 15 is 0 Å². The minimum Gasteiger partial charge on any atom is -0.376 e. The molecule has 0 unspecified atom stereocenters. The zero-order valence-corrected chi connectivity index (χ0v) is 13.7. The van der Waals surface area contributed by atoms with E-state index in [0.29, 0.717) is 22.8 Å². The molecule has 1 aromatic rings. The number of rotatable bonds is 2. The predicted molar refractivity (Wildman–Crippen MR) is 68.7 cm³/mol. The van der Waals surface area contributed by atoms with Gasteiger partial charge in [0.25, 0.3) is 0 Å². The van der Waals surface area contributed by atoms with Crippen LogP contribution in [0.25, 0.3) is 5.70 Å². The van der Waals surface area contributed by atoms with E-state index in [2.05, 4.69) is 12.7 Å². The van der Waals surface area contributed by atoms with E-state index in [1.807, 2.05) is 17.9 Å². The van der Waals surface area contributed by atoms with Crippen molar-refractivity contribution in [1.82, 2.24) is 4.90 Å². The van der Waals surface area contributed by atoms with Crippen molar-refractivity contribution < 1.29 is 37.1 Å². The van der Waals surface area contributed by atoms with E-state index in [1.54, 1.807) is 18.2 Å². The average Bonchev–Trinajstić information content (AvgIpc) is 2.29. The summed E-state index contributed by atoms with van der Waals surface area (Å²) < 4.78 is 13.8. The fraction of sp³-hybridized carbons (Fsp3) is 0.143. The summed E-state index contributed by atoms with van der Waals surface area (Å²) in [6.07, 6.45) is 6.64. The molecule has 0 N–H and O–H groups in total. The maximum atomic E-state index is 13.8. The Hall–Kier alpha value is -0.436. The average molecular weight is 338 g/mol. The number of halogens is 2. The van der Waals surface area contributed by atoms with E-state index in [9.17, 15) is 4.39 Å². The number of nitrogens with zero attached hydrogens (tertiary/aromatic N) is 1. The molecule has 0 saturated heterocycles. The normalized spacial score (nSPS) is 14.3. The van der Waals surface area contributed by atoms with E-state index in [1.165, 1.54) is 6.07 Å². The Morgan fingerprint density at radius 2 is 2.17 bits per heavy atom. The molecule has 0 fully saturated rings. The van der Waals surface area contributed by atoms with Gasteiger partial charge in [-0.1, -0.05) is 35.5 Å². The molecular formula is C14H12ClFNY-. The van der Waals surface area contributed by atoms with Gasteiger partial charge in [0.05, 0.1) is 5.82 Å². The molecule has 1 aromatic carbocycles. The molecule has 0 saturated carbocycles. The van der Waals surface area contributed by atoms with Crippen LogP contribution in [0.2, 0.25) is 5.02 Å². The largest absolute Gasteiger partial charge is 0.376 e. The monoisotopic (exact) mass is 337 g/mol. The molecular weight excluding hydrogens is 326 g/mol. The van der Waals surface area contributed by atoms with Gasteiger partial charge in [0, 0.05) is 44.3 Å². The van der Waals surface area contributed by atoms with Crippen molar-refractivity contribution in [1.29, 1.82) is 0 Å². The first kappa shape index (κ1) is 15.6. The first-order valence-corrected chi connectivity index (χ1v) is 5.73. The standard InChI is InChI=1S/C14H12ClFN.Y/c1-3-17-10(2)5-4-6-14(17)12-8-7-11(15)9-13(12)16;/h4-5,7-9H,2-3H2,1H3;/q-1;. The van der Waals surface area contributed by atoms with Crippen molar-refractivity contribution in [3.8, 4) is 0 Å². The van der Waals surface area contributed by atoms with Crippen LogP contribution in [-0.2, 0) is 32.7 Å². The fourth-order valence-corrected chi connectivity index (χ4v) is 1.95. The smallest absolute Gasteiger partial charge is 0.0796 e. The number of hydrogen-bond acceptors (Lipinski definition) is 1. The second-order valence-electron chi connectivity index (χ2n) is 3.69. The molecule has 1 radical (unpaired) electrons.